The van der Waals surface area contributed by atoms with Crippen LogP contribution in [0.15, 0.2) is 43.5 Å². The van der Waals surface area contributed by atoms with Gasteiger partial charge >= 0.3 is 0 Å². The van der Waals surface area contributed by atoms with E-state index in [1.807, 2.05) is 29.2 Å². The molecule has 0 N–H and O–H groups in total. The van der Waals surface area contributed by atoms with E-state index in [4.69, 9.17) is 18.6 Å². The Bertz CT molecular complexity index is 802. The van der Waals surface area contributed by atoms with E-state index in [1.165, 1.54) is 6.08 Å². The maximum Gasteiger partial charge on any atom is 0.250 e. The van der Waals surface area contributed by atoms with Gasteiger partial charge in [-0.3, -0.25) is 4.79 Å². The molecule has 0 unspecified atom stereocenters. The number of amides is 1. The number of benzene rings is 1. The van der Waals surface area contributed by atoms with Gasteiger partial charge in [-0.05, 0) is 60.8 Å². The molecule has 178 valence electrons. The zero-order valence-corrected chi connectivity index (χ0v) is 21.5. The predicted molar refractivity (Wildman–Crippen MR) is 132 cm³/mol. The van der Waals surface area contributed by atoms with E-state index in [0.717, 1.165) is 11.3 Å². The third-order valence-electron chi connectivity index (χ3n) is 6.30. The van der Waals surface area contributed by atoms with Crippen LogP contribution in [0.1, 0.15) is 32.8 Å². The van der Waals surface area contributed by atoms with Gasteiger partial charge in [-0.2, -0.15) is 0 Å². The van der Waals surface area contributed by atoms with E-state index in [9.17, 15) is 4.79 Å². The van der Waals surface area contributed by atoms with Crippen LogP contribution < -0.4 is 9.64 Å². The van der Waals surface area contributed by atoms with Gasteiger partial charge in [-0.25, -0.2) is 0 Å². The molecule has 1 heterocycles. The topological polar surface area (TPSA) is 57.2 Å². The number of carbonyl (C=O) groups is 1. The van der Waals surface area contributed by atoms with E-state index >= 15 is 0 Å². The van der Waals surface area contributed by atoms with Crippen LogP contribution in [0.2, 0.25) is 18.1 Å². The van der Waals surface area contributed by atoms with Gasteiger partial charge in [0, 0.05) is 12.8 Å². The average Bonchev–Trinajstić information content (AvgIpc) is 3.10. The zero-order chi connectivity index (χ0) is 23.9. The van der Waals surface area contributed by atoms with Gasteiger partial charge in [-0.15, -0.1) is 6.58 Å². The third-order valence-corrected chi connectivity index (χ3v) is 10.8. The molecule has 32 heavy (non-hydrogen) atoms. The van der Waals surface area contributed by atoms with Crippen molar-refractivity contribution in [1.82, 2.24) is 0 Å². The lowest BCUT2D eigenvalue weighted by molar-refractivity contribution is -0.115. The number of nitrogens with zero attached hydrogens (tertiary/aromatic N) is 1. The highest BCUT2D eigenvalue weighted by Gasteiger charge is 2.44. The summed E-state index contributed by atoms with van der Waals surface area (Å²) >= 11 is 0. The Morgan fingerprint density at radius 3 is 2.59 bits per heavy atom. The summed E-state index contributed by atoms with van der Waals surface area (Å²) in [6.45, 7) is 19.9. The van der Waals surface area contributed by atoms with Crippen LogP contribution in [-0.2, 0) is 25.1 Å². The number of anilines is 1. The summed E-state index contributed by atoms with van der Waals surface area (Å²) < 4.78 is 22.9. The van der Waals surface area contributed by atoms with Crippen LogP contribution in [0.3, 0.4) is 0 Å². The van der Waals surface area contributed by atoms with Crippen molar-refractivity contribution in [2.45, 2.75) is 63.9 Å². The Morgan fingerprint density at radius 1 is 1.28 bits per heavy atom. The minimum absolute atomic E-state index is 0.0645. The van der Waals surface area contributed by atoms with Gasteiger partial charge in [0.1, 0.15) is 5.75 Å². The van der Waals surface area contributed by atoms with E-state index in [-0.39, 0.29) is 29.9 Å². The van der Waals surface area contributed by atoms with Crippen molar-refractivity contribution in [3.63, 3.8) is 0 Å². The fourth-order valence-corrected chi connectivity index (χ4v) is 4.90. The number of carbonyl (C=O) groups excluding carboxylic acids is 1. The Hall–Kier alpha value is -1.93. The summed E-state index contributed by atoms with van der Waals surface area (Å²) in [7, 11) is -0.423. The zero-order valence-electron chi connectivity index (χ0n) is 20.5. The molecule has 0 fully saturated rings. The van der Waals surface area contributed by atoms with Crippen LogP contribution in [-0.4, -0.2) is 53.5 Å². The van der Waals surface area contributed by atoms with Crippen molar-refractivity contribution in [2.24, 2.45) is 0 Å². The highest BCUT2D eigenvalue weighted by molar-refractivity contribution is 6.74. The van der Waals surface area contributed by atoms with Crippen LogP contribution in [0.5, 0.6) is 5.75 Å². The predicted octanol–water partition coefficient (Wildman–Crippen LogP) is 5.10. The maximum atomic E-state index is 12.9. The Morgan fingerprint density at radius 2 is 2.00 bits per heavy atom. The van der Waals surface area contributed by atoms with Gasteiger partial charge < -0.3 is 23.5 Å². The van der Waals surface area contributed by atoms with Crippen molar-refractivity contribution in [2.75, 3.05) is 32.0 Å². The fourth-order valence-electron chi connectivity index (χ4n) is 3.54. The van der Waals surface area contributed by atoms with Crippen molar-refractivity contribution < 1.29 is 23.4 Å². The molecule has 1 aliphatic rings. The lowest BCUT2D eigenvalue weighted by Crippen LogP contribution is -2.52. The Labute approximate surface area is 194 Å². The lowest BCUT2D eigenvalue weighted by Gasteiger charge is -2.42. The highest BCUT2D eigenvalue weighted by atomic mass is 28.4. The number of hydrogen-bond acceptors (Lipinski definition) is 5. The molecule has 1 amide bonds. The molecule has 2 rings (SSSR count). The average molecular weight is 462 g/mol. The number of ether oxygens (including phenoxy) is 3. The van der Waals surface area contributed by atoms with Gasteiger partial charge in [0.15, 0.2) is 15.1 Å². The van der Waals surface area contributed by atoms with Gasteiger partial charge in [-0.1, -0.05) is 33.4 Å². The van der Waals surface area contributed by atoms with E-state index in [1.54, 1.807) is 7.11 Å². The number of hydrogen-bond donors (Lipinski definition) is 0. The van der Waals surface area contributed by atoms with Crippen LogP contribution in [0.4, 0.5) is 5.69 Å². The van der Waals surface area contributed by atoms with Crippen molar-refractivity contribution in [1.29, 1.82) is 0 Å². The van der Waals surface area contributed by atoms with Crippen molar-refractivity contribution in [3.8, 4) is 5.75 Å². The monoisotopic (exact) mass is 461 g/mol. The standard InChI is InChI=1S/C25H39NO5Si/c1-9-11-23(31-32(7,8)25(3,4)5)22-17-19-16-20(30-18-29-15-14-28-6)12-13-21(19)26(22)24(27)10-2/h9-10,12-13,16,22-23H,1-2,11,14-15,17-18H2,3-8H3/t22-,23-/m0/s1. The summed E-state index contributed by atoms with van der Waals surface area (Å²) in [4.78, 5) is 14.7. The number of rotatable bonds is 12. The molecule has 0 saturated carbocycles. The van der Waals surface area contributed by atoms with Crippen molar-refractivity contribution in [3.05, 3.63) is 49.1 Å². The van der Waals surface area contributed by atoms with Crippen molar-refractivity contribution >= 4 is 19.9 Å². The molecule has 0 spiro atoms. The first kappa shape index (κ1) is 26.3. The smallest absolute Gasteiger partial charge is 0.250 e. The molecular formula is C25H39NO5Si. The largest absolute Gasteiger partial charge is 0.468 e. The van der Waals surface area contributed by atoms with Gasteiger partial charge in [0.05, 0.1) is 25.4 Å². The van der Waals surface area contributed by atoms with Crippen LogP contribution in [0.25, 0.3) is 0 Å². The summed E-state index contributed by atoms with van der Waals surface area (Å²) in [5.41, 5.74) is 1.92. The Balaban J connectivity index is 2.27. The molecule has 2 atom stereocenters. The number of fused-ring (bicyclic) bond motifs is 1. The van der Waals surface area contributed by atoms with Gasteiger partial charge in [0.2, 0.25) is 0 Å². The second-order valence-corrected chi connectivity index (χ2v) is 14.3. The first-order chi connectivity index (χ1) is 15.1. The molecule has 0 radical (unpaired) electrons. The van der Waals surface area contributed by atoms with E-state index in [0.29, 0.717) is 31.8 Å². The highest BCUT2D eigenvalue weighted by Crippen LogP contribution is 2.42. The third kappa shape index (κ3) is 6.31. The molecule has 0 saturated heterocycles. The fraction of sp³-hybridized carbons (Fsp3) is 0.560. The van der Waals surface area contributed by atoms with Crippen LogP contribution >= 0.6 is 0 Å². The molecule has 6 nitrogen and oxygen atoms in total. The molecule has 0 aliphatic carbocycles. The SMILES string of the molecule is C=CC[C@H](O[Si](C)(C)C(C)(C)C)[C@@H]1Cc2cc(OCOCCOC)ccc2N1C(=O)C=C. The summed E-state index contributed by atoms with van der Waals surface area (Å²) in [6, 6.07) is 5.64. The first-order valence-corrected chi connectivity index (χ1v) is 14.0. The number of methoxy groups -OCH3 is 1. The minimum Gasteiger partial charge on any atom is -0.468 e. The molecule has 1 aliphatic heterocycles. The van der Waals surface area contributed by atoms with E-state index in [2.05, 4.69) is 47.0 Å². The Kier molecular flexibility index (Phi) is 9.27. The second kappa shape index (κ2) is 11.3. The molecule has 7 heteroatoms. The summed E-state index contributed by atoms with van der Waals surface area (Å²) in [5, 5.41) is 0.0645. The molecule has 0 bridgehead atoms. The summed E-state index contributed by atoms with van der Waals surface area (Å²) in [5.74, 6) is 0.580. The molecule has 0 aromatic heterocycles. The molecular weight excluding hydrogens is 422 g/mol. The maximum absolute atomic E-state index is 12.9. The second-order valence-electron chi connectivity index (χ2n) is 9.58. The van der Waals surface area contributed by atoms with E-state index < -0.39 is 8.32 Å². The normalized spacial score (nSPS) is 17.1. The summed E-state index contributed by atoms with van der Waals surface area (Å²) in [6.07, 6.45) is 4.45. The first-order valence-electron chi connectivity index (χ1n) is 11.1. The quantitative estimate of drug-likeness (QED) is 0.143. The molecule has 1 aromatic rings. The minimum atomic E-state index is -2.05. The lowest BCUT2D eigenvalue weighted by atomic mass is 10.0. The van der Waals surface area contributed by atoms with Gasteiger partial charge in [0.25, 0.3) is 5.91 Å². The van der Waals surface area contributed by atoms with Crippen LogP contribution in [0, 0.1) is 0 Å². The molecule has 1 aromatic carbocycles.